The van der Waals surface area contributed by atoms with Crippen LogP contribution in [0.4, 0.5) is 0 Å². The standard InChI is InChI=1S/C18H28ClN/c1-17(2,3)12-18(4,5)20-16-10-14(11-16)13-7-6-8-15(19)9-13/h6-9,14,16,20H,10-12H2,1-5H3. The molecule has 0 amide bonds. The molecule has 1 nitrogen and oxygen atoms in total. The third kappa shape index (κ3) is 4.49. The second-order valence-corrected chi connectivity index (χ2v) is 8.62. The maximum atomic E-state index is 6.07. The van der Waals surface area contributed by atoms with E-state index in [1.165, 1.54) is 24.8 Å². The SMILES string of the molecule is CC(C)(C)CC(C)(C)NC1CC(c2cccc(Cl)c2)C1. The van der Waals surface area contributed by atoms with Crippen LogP contribution in [0.1, 0.15) is 65.4 Å². The largest absolute Gasteiger partial charge is 0.309 e. The molecule has 0 bridgehead atoms. The summed E-state index contributed by atoms with van der Waals surface area (Å²) in [5.74, 6) is 0.677. The van der Waals surface area contributed by atoms with Crippen LogP contribution in [0.2, 0.25) is 5.02 Å². The van der Waals surface area contributed by atoms with E-state index in [2.05, 4.69) is 58.1 Å². The van der Waals surface area contributed by atoms with E-state index >= 15 is 0 Å². The second kappa shape index (κ2) is 5.69. The van der Waals surface area contributed by atoms with Crippen molar-refractivity contribution in [2.24, 2.45) is 5.41 Å². The normalized spacial score (nSPS) is 23.5. The monoisotopic (exact) mass is 293 g/mol. The molecular formula is C18H28ClN. The third-order valence-electron chi connectivity index (χ3n) is 4.03. The van der Waals surface area contributed by atoms with Crippen molar-refractivity contribution in [3.05, 3.63) is 34.9 Å². The topological polar surface area (TPSA) is 12.0 Å². The third-order valence-corrected chi connectivity index (χ3v) is 4.26. The number of benzene rings is 1. The molecule has 1 N–H and O–H groups in total. The highest BCUT2D eigenvalue weighted by atomic mass is 35.5. The molecule has 0 radical (unpaired) electrons. The lowest BCUT2D eigenvalue weighted by molar-refractivity contribution is 0.176. The molecule has 1 aromatic rings. The van der Waals surface area contributed by atoms with Gasteiger partial charge >= 0.3 is 0 Å². The molecule has 0 heterocycles. The molecular weight excluding hydrogens is 266 g/mol. The van der Waals surface area contributed by atoms with Crippen molar-refractivity contribution in [3.8, 4) is 0 Å². The Kier molecular flexibility index (Phi) is 4.51. The zero-order valence-corrected chi connectivity index (χ0v) is 14.2. The smallest absolute Gasteiger partial charge is 0.0408 e. The summed E-state index contributed by atoms with van der Waals surface area (Å²) in [4.78, 5) is 0. The van der Waals surface area contributed by atoms with Gasteiger partial charge in [0.05, 0.1) is 0 Å². The van der Waals surface area contributed by atoms with E-state index in [0.29, 0.717) is 17.4 Å². The molecule has 0 aromatic heterocycles. The number of nitrogens with one attached hydrogen (secondary N) is 1. The summed E-state index contributed by atoms with van der Waals surface area (Å²) in [6.45, 7) is 11.6. The van der Waals surface area contributed by atoms with E-state index in [4.69, 9.17) is 11.6 Å². The molecule has 0 unspecified atom stereocenters. The van der Waals surface area contributed by atoms with E-state index in [-0.39, 0.29) is 5.54 Å². The van der Waals surface area contributed by atoms with Crippen molar-refractivity contribution < 1.29 is 0 Å². The van der Waals surface area contributed by atoms with Crippen LogP contribution in [0.3, 0.4) is 0 Å². The van der Waals surface area contributed by atoms with Gasteiger partial charge in [-0.2, -0.15) is 0 Å². The van der Waals surface area contributed by atoms with Crippen molar-refractivity contribution in [1.29, 1.82) is 0 Å². The molecule has 112 valence electrons. The van der Waals surface area contributed by atoms with Gasteiger partial charge in [-0.25, -0.2) is 0 Å². The summed E-state index contributed by atoms with van der Waals surface area (Å²) in [6.07, 6.45) is 3.65. The van der Waals surface area contributed by atoms with E-state index < -0.39 is 0 Å². The van der Waals surface area contributed by atoms with Crippen LogP contribution in [0, 0.1) is 5.41 Å². The first-order valence-electron chi connectivity index (χ1n) is 7.68. The molecule has 0 atom stereocenters. The van der Waals surface area contributed by atoms with Gasteiger partial charge in [0.1, 0.15) is 0 Å². The minimum Gasteiger partial charge on any atom is -0.309 e. The molecule has 0 aliphatic heterocycles. The van der Waals surface area contributed by atoms with Crippen molar-refractivity contribution in [2.75, 3.05) is 0 Å². The average Bonchev–Trinajstić information content (AvgIpc) is 2.19. The lowest BCUT2D eigenvalue weighted by Gasteiger charge is -2.43. The molecule has 1 aromatic carbocycles. The molecule has 20 heavy (non-hydrogen) atoms. The Bertz CT molecular complexity index is 453. The lowest BCUT2D eigenvalue weighted by Crippen LogP contribution is -2.52. The first kappa shape index (κ1) is 15.9. The Morgan fingerprint density at radius 2 is 1.80 bits per heavy atom. The van der Waals surface area contributed by atoms with Gasteiger partial charge in [-0.15, -0.1) is 0 Å². The van der Waals surface area contributed by atoms with Crippen LogP contribution in [0.5, 0.6) is 0 Å². The van der Waals surface area contributed by atoms with Gasteiger partial charge in [0.2, 0.25) is 0 Å². The number of hydrogen-bond donors (Lipinski definition) is 1. The molecule has 2 heteroatoms. The van der Waals surface area contributed by atoms with Gasteiger partial charge < -0.3 is 5.32 Å². The van der Waals surface area contributed by atoms with Gasteiger partial charge in [0.25, 0.3) is 0 Å². The summed E-state index contributed by atoms with van der Waals surface area (Å²) >= 11 is 6.07. The van der Waals surface area contributed by atoms with Gasteiger partial charge in [-0.1, -0.05) is 44.5 Å². The van der Waals surface area contributed by atoms with Crippen LogP contribution in [-0.4, -0.2) is 11.6 Å². The quantitative estimate of drug-likeness (QED) is 0.785. The molecule has 0 spiro atoms. The van der Waals surface area contributed by atoms with Gasteiger partial charge in [-0.05, 0) is 62.1 Å². The van der Waals surface area contributed by atoms with E-state index in [1.54, 1.807) is 0 Å². The Morgan fingerprint density at radius 1 is 1.15 bits per heavy atom. The maximum Gasteiger partial charge on any atom is 0.0408 e. The molecule has 1 fully saturated rings. The fraction of sp³-hybridized carbons (Fsp3) is 0.667. The Labute approximate surface area is 129 Å². The van der Waals surface area contributed by atoms with E-state index in [1.807, 2.05) is 6.07 Å². The number of rotatable bonds is 4. The van der Waals surface area contributed by atoms with Crippen LogP contribution >= 0.6 is 11.6 Å². The van der Waals surface area contributed by atoms with Crippen molar-refractivity contribution in [3.63, 3.8) is 0 Å². The Morgan fingerprint density at radius 3 is 2.35 bits per heavy atom. The molecule has 1 aliphatic rings. The first-order chi connectivity index (χ1) is 9.15. The fourth-order valence-electron chi connectivity index (χ4n) is 3.70. The molecule has 1 aliphatic carbocycles. The summed E-state index contributed by atoms with van der Waals surface area (Å²) in [5, 5.41) is 4.68. The lowest BCUT2D eigenvalue weighted by atomic mass is 9.73. The van der Waals surface area contributed by atoms with Crippen LogP contribution in [0.15, 0.2) is 24.3 Å². The molecule has 2 rings (SSSR count). The van der Waals surface area contributed by atoms with E-state index in [9.17, 15) is 0 Å². The maximum absolute atomic E-state index is 6.07. The van der Waals surface area contributed by atoms with Crippen LogP contribution < -0.4 is 5.32 Å². The van der Waals surface area contributed by atoms with Crippen molar-refractivity contribution >= 4 is 11.6 Å². The zero-order valence-electron chi connectivity index (χ0n) is 13.5. The first-order valence-corrected chi connectivity index (χ1v) is 8.06. The fourth-order valence-corrected chi connectivity index (χ4v) is 3.90. The minimum atomic E-state index is 0.211. The predicted octanol–water partition coefficient (Wildman–Crippen LogP) is 5.39. The van der Waals surface area contributed by atoms with Crippen molar-refractivity contribution in [1.82, 2.24) is 5.32 Å². The summed E-state index contributed by atoms with van der Waals surface area (Å²) < 4.78 is 0. The van der Waals surface area contributed by atoms with Gasteiger partial charge in [0, 0.05) is 16.6 Å². The summed E-state index contributed by atoms with van der Waals surface area (Å²) in [5.41, 5.74) is 1.97. The highest BCUT2D eigenvalue weighted by Gasteiger charge is 2.35. The predicted molar refractivity (Wildman–Crippen MR) is 88.5 cm³/mol. The minimum absolute atomic E-state index is 0.211. The number of halogens is 1. The average molecular weight is 294 g/mol. The summed E-state index contributed by atoms with van der Waals surface area (Å²) in [7, 11) is 0. The molecule has 1 saturated carbocycles. The second-order valence-electron chi connectivity index (χ2n) is 8.19. The number of hydrogen-bond acceptors (Lipinski definition) is 1. The van der Waals surface area contributed by atoms with E-state index in [0.717, 1.165) is 5.02 Å². The molecule has 0 saturated heterocycles. The van der Waals surface area contributed by atoms with Crippen molar-refractivity contribution in [2.45, 2.75) is 71.4 Å². The summed E-state index contributed by atoms with van der Waals surface area (Å²) in [6, 6.07) is 8.97. The zero-order chi connectivity index (χ0) is 15.0. The van der Waals surface area contributed by atoms with Crippen LogP contribution in [0.25, 0.3) is 0 Å². The Hall–Kier alpha value is -0.530. The Balaban J connectivity index is 1.85. The van der Waals surface area contributed by atoms with Gasteiger partial charge in [0.15, 0.2) is 0 Å². The van der Waals surface area contributed by atoms with Crippen LogP contribution in [-0.2, 0) is 0 Å². The highest BCUT2D eigenvalue weighted by molar-refractivity contribution is 6.30. The highest BCUT2D eigenvalue weighted by Crippen LogP contribution is 2.39. The van der Waals surface area contributed by atoms with Gasteiger partial charge in [-0.3, -0.25) is 0 Å².